The van der Waals surface area contributed by atoms with Gasteiger partial charge in [0.25, 0.3) is 5.56 Å². The summed E-state index contributed by atoms with van der Waals surface area (Å²) >= 11 is 0. The van der Waals surface area contributed by atoms with Crippen molar-refractivity contribution >= 4 is 5.82 Å². The van der Waals surface area contributed by atoms with Crippen molar-refractivity contribution in [2.45, 2.75) is 39.2 Å². The van der Waals surface area contributed by atoms with Crippen LogP contribution in [0.1, 0.15) is 33.1 Å². The highest BCUT2D eigenvalue weighted by Crippen LogP contribution is 2.39. The molecular formula is C12H19N3O2. The first-order chi connectivity index (χ1) is 8.04. The molecule has 5 heteroatoms. The Morgan fingerprint density at radius 1 is 1.59 bits per heavy atom. The predicted octanol–water partition coefficient (Wildman–Crippen LogP) is 1.77. The van der Waals surface area contributed by atoms with Crippen molar-refractivity contribution in [1.82, 2.24) is 9.97 Å². The van der Waals surface area contributed by atoms with Gasteiger partial charge in [0.15, 0.2) is 5.82 Å². The molecule has 94 valence electrons. The minimum atomic E-state index is -0.249. The molecule has 1 aliphatic rings. The smallest absolute Gasteiger partial charge is 0.295 e. The lowest BCUT2D eigenvalue weighted by atomic mass is 9.87. The second-order valence-electron chi connectivity index (χ2n) is 5.19. The molecule has 1 saturated carbocycles. The van der Waals surface area contributed by atoms with E-state index >= 15 is 0 Å². The van der Waals surface area contributed by atoms with E-state index < -0.39 is 0 Å². The van der Waals surface area contributed by atoms with Gasteiger partial charge < -0.3 is 15.0 Å². The first-order valence-electron chi connectivity index (χ1n) is 5.93. The molecule has 1 unspecified atom stereocenters. The standard InChI is InChI=1S/C12H19N3O2/c1-12(2)6-4-5-8(12)15-10-9(17-3)11(16)14-7-13-10/h7-8H,4-6H2,1-3H3,(H2,13,14,15,16). The largest absolute Gasteiger partial charge is 0.489 e. The number of methoxy groups -OCH3 is 1. The Morgan fingerprint density at radius 3 is 2.94 bits per heavy atom. The van der Waals surface area contributed by atoms with E-state index in [1.54, 1.807) is 0 Å². The maximum atomic E-state index is 11.5. The topological polar surface area (TPSA) is 67.0 Å². The highest BCUT2D eigenvalue weighted by molar-refractivity contribution is 5.49. The van der Waals surface area contributed by atoms with Crippen molar-refractivity contribution in [3.05, 3.63) is 16.7 Å². The summed E-state index contributed by atoms with van der Waals surface area (Å²) in [6.07, 6.45) is 4.89. The molecular weight excluding hydrogens is 218 g/mol. The van der Waals surface area contributed by atoms with Gasteiger partial charge in [0, 0.05) is 6.04 Å². The third-order valence-electron chi connectivity index (χ3n) is 3.58. The Kier molecular flexibility index (Phi) is 3.09. The van der Waals surface area contributed by atoms with Gasteiger partial charge >= 0.3 is 0 Å². The molecule has 0 radical (unpaired) electrons. The van der Waals surface area contributed by atoms with Crippen LogP contribution in [0.2, 0.25) is 0 Å². The van der Waals surface area contributed by atoms with E-state index in [-0.39, 0.29) is 16.7 Å². The Hall–Kier alpha value is -1.52. The van der Waals surface area contributed by atoms with E-state index in [1.165, 1.54) is 26.3 Å². The van der Waals surface area contributed by atoms with Gasteiger partial charge in [0.2, 0.25) is 5.75 Å². The molecule has 0 amide bonds. The fourth-order valence-corrected chi connectivity index (χ4v) is 2.44. The van der Waals surface area contributed by atoms with Gasteiger partial charge in [-0.3, -0.25) is 4.79 Å². The summed E-state index contributed by atoms with van der Waals surface area (Å²) in [5, 5.41) is 3.34. The van der Waals surface area contributed by atoms with Crippen LogP contribution in [0.25, 0.3) is 0 Å². The fourth-order valence-electron chi connectivity index (χ4n) is 2.44. The van der Waals surface area contributed by atoms with Crippen LogP contribution < -0.4 is 15.6 Å². The van der Waals surface area contributed by atoms with Crippen molar-refractivity contribution in [2.24, 2.45) is 5.41 Å². The Balaban J connectivity index is 2.25. The third-order valence-corrected chi connectivity index (χ3v) is 3.58. The molecule has 1 aromatic rings. The molecule has 0 bridgehead atoms. The summed E-state index contributed by atoms with van der Waals surface area (Å²) in [6, 6.07) is 0.339. The number of H-pyrrole nitrogens is 1. The average Bonchev–Trinajstić information content (AvgIpc) is 2.59. The maximum absolute atomic E-state index is 11.5. The number of aromatic nitrogens is 2. The van der Waals surface area contributed by atoms with Crippen LogP contribution in [0.3, 0.4) is 0 Å². The molecule has 1 aromatic heterocycles. The van der Waals surface area contributed by atoms with Crippen LogP contribution in [0.4, 0.5) is 5.82 Å². The zero-order valence-electron chi connectivity index (χ0n) is 10.5. The summed E-state index contributed by atoms with van der Waals surface area (Å²) in [5.41, 5.74) is -0.0178. The number of rotatable bonds is 3. The first kappa shape index (κ1) is 12.0. The van der Waals surface area contributed by atoms with Crippen LogP contribution in [0.5, 0.6) is 5.75 Å². The number of anilines is 1. The summed E-state index contributed by atoms with van der Waals surface area (Å²) in [5.74, 6) is 0.798. The molecule has 0 saturated heterocycles. The summed E-state index contributed by atoms with van der Waals surface area (Å²) < 4.78 is 5.09. The second-order valence-corrected chi connectivity index (χ2v) is 5.19. The quantitative estimate of drug-likeness (QED) is 0.840. The van der Waals surface area contributed by atoms with Gasteiger partial charge in [0.05, 0.1) is 13.4 Å². The highest BCUT2D eigenvalue weighted by Gasteiger charge is 2.35. The molecule has 2 N–H and O–H groups in total. The number of nitrogens with one attached hydrogen (secondary N) is 2. The van der Waals surface area contributed by atoms with Crippen LogP contribution in [-0.2, 0) is 0 Å². The Labute approximate surface area is 101 Å². The minimum Gasteiger partial charge on any atom is -0.489 e. The van der Waals surface area contributed by atoms with Crippen LogP contribution in [0, 0.1) is 5.41 Å². The Morgan fingerprint density at radius 2 is 2.35 bits per heavy atom. The molecule has 5 nitrogen and oxygen atoms in total. The zero-order chi connectivity index (χ0) is 12.5. The van der Waals surface area contributed by atoms with E-state index in [9.17, 15) is 4.79 Å². The zero-order valence-corrected chi connectivity index (χ0v) is 10.5. The minimum absolute atomic E-state index is 0.231. The normalized spacial score (nSPS) is 22.4. The van der Waals surface area contributed by atoms with Gasteiger partial charge in [-0.25, -0.2) is 4.98 Å². The molecule has 0 spiro atoms. The van der Waals surface area contributed by atoms with E-state index in [2.05, 4.69) is 29.1 Å². The van der Waals surface area contributed by atoms with Crippen LogP contribution >= 0.6 is 0 Å². The number of hydrogen-bond acceptors (Lipinski definition) is 4. The van der Waals surface area contributed by atoms with Crippen molar-refractivity contribution < 1.29 is 4.74 Å². The van der Waals surface area contributed by atoms with Crippen LogP contribution in [0.15, 0.2) is 11.1 Å². The average molecular weight is 237 g/mol. The number of aromatic amines is 1. The van der Waals surface area contributed by atoms with Crippen molar-refractivity contribution in [1.29, 1.82) is 0 Å². The molecule has 17 heavy (non-hydrogen) atoms. The highest BCUT2D eigenvalue weighted by atomic mass is 16.5. The molecule has 1 aliphatic carbocycles. The van der Waals surface area contributed by atoms with E-state index in [1.807, 2.05) is 0 Å². The first-order valence-corrected chi connectivity index (χ1v) is 5.93. The predicted molar refractivity (Wildman–Crippen MR) is 66.5 cm³/mol. The molecule has 1 fully saturated rings. The van der Waals surface area contributed by atoms with Gasteiger partial charge in [-0.2, -0.15) is 0 Å². The number of nitrogens with zero attached hydrogens (tertiary/aromatic N) is 1. The van der Waals surface area contributed by atoms with Crippen molar-refractivity contribution in [2.75, 3.05) is 12.4 Å². The summed E-state index contributed by atoms with van der Waals surface area (Å²) in [4.78, 5) is 18.2. The summed E-state index contributed by atoms with van der Waals surface area (Å²) in [7, 11) is 1.48. The Bertz CT molecular complexity index is 453. The van der Waals surface area contributed by atoms with Gasteiger partial charge in [-0.05, 0) is 18.3 Å². The third kappa shape index (κ3) is 2.28. The molecule has 1 atom stereocenters. The van der Waals surface area contributed by atoms with Crippen LogP contribution in [-0.4, -0.2) is 23.1 Å². The summed E-state index contributed by atoms with van der Waals surface area (Å²) in [6.45, 7) is 4.47. The van der Waals surface area contributed by atoms with E-state index in [0.717, 1.165) is 6.42 Å². The second kappa shape index (κ2) is 4.39. The van der Waals surface area contributed by atoms with Crippen molar-refractivity contribution in [3.8, 4) is 5.75 Å². The lowest BCUT2D eigenvalue weighted by Crippen LogP contribution is -2.32. The lowest BCUT2D eigenvalue weighted by molar-refractivity contribution is 0.347. The molecule has 1 heterocycles. The molecule has 0 aromatic carbocycles. The van der Waals surface area contributed by atoms with Gasteiger partial charge in [0.1, 0.15) is 0 Å². The molecule has 2 rings (SSSR count). The SMILES string of the molecule is COc1c(NC2CCCC2(C)C)nc[nH]c1=O. The van der Waals surface area contributed by atoms with Crippen molar-refractivity contribution in [3.63, 3.8) is 0 Å². The van der Waals surface area contributed by atoms with E-state index in [4.69, 9.17) is 4.74 Å². The van der Waals surface area contributed by atoms with Gasteiger partial charge in [-0.15, -0.1) is 0 Å². The molecule has 0 aliphatic heterocycles. The maximum Gasteiger partial charge on any atom is 0.295 e. The van der Waals surface area contributed by atoms with E-state index in [0.29, 0.717) is 11.9 Å². The fraction of sp³-hybridized carbons (Fsp3) is 0.667. The number of ether oxygens (including phenoxy) is 1. The number of hydrogen-bond donors (Lipinski definition) is 2. The lowest BCUT2D eigenvalue weighted by Gasteiger charge is -2.28. The van der Waals surface area contributed by atoms with Gasteiger partial charge in [-0.1, -0.05) is 20.3 Å². The monoisotopic (exact) mass is 237 g/mol.